The zero-order valence-electron chi connectivity index (χ0n) is 13.3. The second kappa shape index (κ2) is 7.98. The first-order valence-electron chi connectivity index (χ1n) is 7.45. The van der Waals surface area contributed by atoms with E-state index in [4.69, 9.17) is 10.5 Å². The highest BCUT2D eigenvalue weighted by Crippen LogP contribution is 2.24. The summed E-state index contributed by atoms with van der Waals surface area (Å²) in [5, 5.41) is 2.80. The largest absolute Gasteiger partial charge is 0.489 e. The number of nitrogens with two attached hydrogens (primary N) is 1. The quantitative estimate of drug-likeness (QED) is 0.635. The summed E-state index contributed by atoms with van der Waals surface area (Å²) in [6.45, 7) is 4.33. The molecule has 5 nitrogen and oxygen atoms in total. The van der Waals surface area contributed by atoms with Crippen molar-refractivity contribution >= 4 is 17.7 Å². The van der Waals surface area contributed by atoms with Gasteiger partial charge in [-0.05, 0) is 49.2 Å². The third kappa shape index (κ3) is 5.47. The summed E-state index contributed by atoms with van der Waals surface area (Å²) in [6, 6.07) is 9.19. The van der Waals surface area contributed by atoms with E-state index in [9.17, 15) is 4.79 Å². The van der Waals surface area contributed by atoms with Crippen LogP contribution in [0.2, 0.25) is 0 Å². The standard InChI is InChI=1S/C18H21N3O2/c1-13(2)23-17-7-5-14(10-16(17)19)6-8-18(22)21-12-15-4-3-9-20-11-15/h3-11,13H,12,19H2,1-2H3,(H,21,22)/b8-6-. The molecule has 0 atom stereocenters. The van der Waals surface area contributed by atoms with Crippen LogP contribution in [0.5, 0.6) is 5.75 Å². The van der Waals surface area contributed by atoms with E-state index in [2.05, 4.69) is 10.3 Å². The lowest BCUT2D eigenvalue weighted by Crippen LogP contribution is -2.20. The number of nitrogens with one attached hydrogen (secondary N) is 1. The van der Waals surface area contributed by atoms with E-state index < -0.39 is 0 Å². The lowest BCUT2D eigenvalue weighted by Gasteiger charge is -2.12. The lowest BCUT2D eigenvalue weighted by atomic mass is 10.1. The van der Waals surface area contributed by atoms with Crippen LogP contribution in [0.1, 0.15) is 25.0 Å². The minimum absolute atomic E-state index is 0.0666. The second-order valence-corrected chi connectivity index (χ2v) is 5.38. The Morgan fingerprint density at radius 1 is 1.39 bits per heavy atom. The number of amides is 1. The van der Waals surface area contributed by atoms with E-state index in [0.29, 0.717) is 18.0 Å². The topological polar surface area (TPSA) is 77.2 Å². The van der Waals surface area contributed by atoms with Crippen LogP contribution in [0.25, 0.3) is 6.08 Å². The van der Waals surface area contributed by atoms with Crippen molar-refractivity contribution in [3.05, 3.63) is 59.9 Å². The van der Waals surface area contributed by atoms with Crippen LogP contribution in [-0.4, -0.2) is 17.0 Å². The predicted molar refractivity (Wildman–Crippen MR) is 91.7 cm³/mol. The number of hydrogen-bond donors (Lipinski definition) is 2. The van der Waals surface area contributed by atoms with E-state index in [1.54, 1.807) is 24.5 Å². The molecule has 0 bridgehead atoms. The minimum atomic E-state index is -0.171. The van der Waals surface area contributed by atoms with Crippen LogP contribution < -0.4 is 15.8 Å². The van der Waals surface area contributed by atoms with E-state index >= 15 is 0 Å². The van der Waals surface area contributed by atoms with Crippen LogP contribution in [0.15, 0.2) is 48.8 Å². The third-order valence-corrected chi connectivity index (χ3v) is 3.01. The van der Waals surface area contributed by atoms with Crippen molar-refractivity contribution in [1.29, 1.82) is 0 Å². The van der Waals surface area contributed by atoms with Gasteiger partial charge in [0.15, 0.2) is 0 Å². The molecule has 0 fully saturated rings. The Balaban J connectivity index is 1.91. The molecule has 1 heterocycles. The summed E-state index contributed by atoms with van der Waals surface area (Å²) < 4.78 is 5.58. The van der Waals surface area contributed by atoms with E-state index in [-0.39, 0.29) is 12.0 Å². The molecule has 0 radical (unpaired) electrons. The monoisotopic (exact) mass is 311 g/mol. The molecule has 0 aliphatic carbocycles. The maximum Gasteiger partial charge on any atom is 0.244 e. The molecule has 1 aromatic carbocycles. The highest BCUT2D eigenvalue weighted by Gasteiger charge is 2.03. The van der Waals surface area contributed by atoms with Crippen LogP contribution in [0.4, 0.5) is 5.69 Å². The number of rotatable bonds is 6. The molecule has 0 aliphatic heterocycles. The lowest BCUT2D eigenvalue weighted by molar-refractivity contribution is -0.116. The normalized spacial score (nSPS) is 10.9. The van der Waals surface area contributed by atoms with Crippen LogP contribution in [0, 0.1) is 0 Å². The summed E-state index contributed by atoms with van der Waals surface area (Å²) >= 11 is 0. The highest BCUT2D eigenvalue weighted by atomic mass is 16.5. The molecule has 2 rings (SSSR count). The number of hydrogen-bond acceptors (Lipinski definition) is 4. The number of carbonyl (C=O) groups excluding carboxylic acids is 1. The number of nitrogens with zero attached hydrogens (tertiary/aromatic N) is 1. The Morgan fingerprint density at radius 3 is 2.87 bits per heavy atom. The average molecular weight is 311 g/mol. The van der Waals surface area contributed by atoms with Gasteiger partial charge in [0.05, 0.1) is 11.8 Å². The molecule has 1 aromatic heterocycles. The molecule has 0 saturated heterocycles. The second-order valence-electron chi connectivity index (χ2n) is 5.38. The van der Waals surface area contributed by atoms with Gasteiger partial charge in [0.25, 0.3) is 0 Å². The van der Waals surface area contributed by atoms with Gasteiger partial charge in [-0.15, -0.1) is 0 Å². The summed E-state index contributed by atoms with van der Waals surface area (Å²) in [5.74, 6) is 0.480. The molecule has 23 heavy (non-hydrogen) atoms. The first-order chi connectivity index (χ1) is 11.0. The van der Waals surface area contributed by atoms with E-state index in [1.165, 1.54) is 6.08 Å². The van der Waals surface area contributed by atoms with Gasteiger partial charge in [-0.3, -0.25) is 9.78 Å². The zero-order valence-corrected chi connectivity index (χ0v) is 13.3. The summed E-state index contributed by atoms with van der Waals surface area (Å²) in [5.41, 5.74) is 8.29. The van der Waals surface area contributed by atoms with Gasteiger partial charge in [-0.2, -0.15) is 0 Å². The molecular formula is C18H21N3O2. The number of aromatic nitrogens is 1. The van der Waals surface area contributed by atoms with Crippen molar-refractivity contribution in [2.45, 2.75) is 26.5 Å². The number of carbonyl (C=O) groups is 1. The minimum Gasteiger partial charge on any atom is -0.489 e. The van der Waals surface area contributed by atoms with Crippen molar-refractivity contribution in [3.63, 3.8) is 0 Å². The Kier molecular flexibility index (Phi) is 5.74. The highest BCUT2D eigenvalue weighted by molar-refractivity contribution is 5.91. The van der Waals surface area contributed by atoms with Gasteiger partial charge in [0, 0.05) is 25.0 Å². The maximum atomic E-state index is 11.8. The molecular weight excluding hydrogens is 290 g/mol. The Bertz CT molecular complexity index is 682. The molecule has 1 amide bonds. The fourth-order valence-electron chi connectivity index (χ4n) is 1.95. The van der Waals surface area contributed by atoms with Crippen molar-refractivity contribution in [2.75, 3.05) is 5.73 Å². The average Bonchev–Trinajstić information content (AvgIpc) is 2.54. The number of benzene rings is 1. The van der Waals surface area contributed by atoms with Gasteiger partial charge in [-0.25, -0.2) is 0 Å². The summed E-state index contributed by atoms with van der Waals surface area (Å²) in [4.78, 5) is 15.8. The Hall–Kier alpha value is -2.82. The zero-order chi connectivity index (χ0) is 16.7. The first kappa shape index (κ1) is 16.5. The smallest absolute Gasteiger partial charge is 0.244 e. The van der Waals surface area contributed by atoms with Gasteiger partial charge < -0.3 is 15.8 Å². The molecule has 0 aliphatic rings. The maximum absolute atomic E-state index is 11.8. The van der Waals surface area contributed by atoms with Crippen LogP contribution in [-0.2, 0) is 11.3 Å². The predicted octanol–water partition coefficient (Wildman–Crippen LogP) is 2.78. The number of pyridine rings is 1. The SMILES string of the molecule is CC(C)Oc1ccc(/C=C\C(=O)NCc2cccnc2)cc1N. The molecule has 2 aromatic rings. The van der Waals surface area contributed by atoms with Crippen molar-refractivity contribution < 1.29 is 9.53 Å². The van der Waals surface area contributed by atoms with Crippen molar-refractivity contribution in [2.24, 2.45) is 0 Å². The number of anilines is 1. The molecule has 0 spiro atoms. The summed E-state index contributed by atoms with van der Waals surface area (Å²) in [7, 11) is 0. The van der Waals surface area contributed by atoms with Gasteiger partial charge in [0.2, 0.25) is 5.91 Å². The van der Waals surface area contributed by atoms with Crippen LogP contribution >= 0.6 is 0 Å². The number of ether oxygens (including phenoxy) is 1. The van der Waals surface area contributed by atoms with Gasteiger partial charge >= 0.3 is 0 Å². The molecule has 5 heteroatoms. The van der Waals surface area contributed by atoms with Crippen molar-refractivity contribution in [3.8, 4) is 5.75 Å². The third-order valence-electron chi connectivity index (χ3n) is 3.01. The Labute approximate surface area is 136 Å². The fraction of sp³-hybridized carbons (Fsp3) is 0.222. The molecule has 120 valence electrons. The van der Waals surface area contributed by atoms with Gasteiger partial charge in [0.1, 0.15) is 5.75 Å². The van der Waals surface area contributed by atoms with E-state index in [0.717, 1.165) is 11.1 Å². The Morgan fingerprint density at radius 2 is 2.22 bits per heavy atom. The molecule has 0 unspecified atom stereocenters. The van der Waals surface area contributed by atoms with Crippen LogP contribution in [0.3, 0.4) is 0 Å². The fourth-order valence-corrected chi connectivity index (χ4v) is 1.95. The first-order valence-corrected chi connectivity index (χ1v) is 7.45. The molecule has 3 N–H and O–H groups in total. The van der Waals surface area contributed by atoms with Gasteiger partial charge in [-0.1, -0.05) is 12.1 Å². The van der Waals surface area contributed by atoms with Crippen molar-refractivity contribution in [1.82, 2.24) is 10.3 Å². The van der Waals surface area contributed by atoms with E-state index in [1.807, 2.05) is 38.1 Å². The summed E-state index contributed by atoms with van der Waals surface area (Å²) in [6.07, 6.45) is 6.68. The number of nitrogen functional groups attached to an aromatic ring is 1. The molecule has 0 saturated carbocycles.